The molecular weight excluding hydrogens is 631 g/mol. The lowest BCUT2D eigenvalue weighted by Crippen LogP contribution is -1.95. The van der Waals surface area contributed by atoms with Crippen molar-refractivity contribution >= 4 is 43.2 Å². The fraction of sp³-hybridized carbons (Fsp3) is 0. The summed E-state index contributed by atoms with van der Waals surface area (Å²) in [5.41, 5.74) is 10.8. The molecule has 0 bridgehead atoms. The molecule has 0 saturated heterocycles. The van der Waals surface area contributed by atoms with Crippen LogP contribution in [0.5, 0.6) is 0 Å². The smallest absolute Gasteiger partial charge is 0.160 e. The highest BCUT2D eigenvalue weighted by atomic mass is 14.9. The SMILES string of the molecule is c1cc(-c2cccc(-c3nc(-c4ccc(-c5ccncc5)cc4)c4ccccc4n3)c2)cc(-c2ccc3c4ccccc4c4ccccc4c3c2)c1. The largest absolute Gasteiger partial charge is 0.265 e. The summed E-state index contributed by atoms with van der Waals surface area (Å²) >= 11 is 0. The van der Waals surface area contributed by atoms with Gasteiger partial charge in [-0.3, -0.25) is 4.98 Å². The van der Waals surface area contributed by atoms with Gasteiger partial charge in [-0.05, 0) is 102 Å². The van der Waals surface area contributed by atoms with E-state index in [2.05, 4.69) is 157 Å². The van der Waals surface area contributed by atoms with Crippen molar-refractivity contribution in [1.29, 1.82) is 0 Å². The van der Waals surface area contributed by atoms with Crippen LogP contribution in [0.2, 0.25) is 0 Å². The lowest BCUT2D eigenvalue weighted by atomic mass is 9.91. The Labute approximate surface area is 301 Å². The molecule has 2 heterocycles. The normalized spacial score (nSPS) is 11.5. The van der Waals surface area contributed by atoms with Gasteiger partial charge in [-0.15, -0.1) is 0 Å². The number of rotatable bonds is 5. The molecule has 10 aromatic rings. The number of hydrogen-bond acceptors (Lipinski definition) is 3. The van der Waals surface area contributed by atoms with Gasteiger partial charge in [0.05, 0.1) is 11.2 Å². The summed E-state index contributed by atoms with van der Waals surface area (Å²) in [5.74, 6) is 0.707. The Morgan fingerprint density at radius 1 is 0.269 bits per heavy atom. The van der Waals surface area contributed by atoms with Gasteiger partial charge in [0, 0.05) is 28.9 Å². The number of aromatic nitrogens is 3. The lowest BCUT2D eigenvalue weighted by Gasteiger charge is -2.13. The minimum absolute atomic E-state index is 0.707. The minimum atomic E-state index is 0.707. The molecule has 0 spiro atoms. The maximum atomic E-state index is 5.20. The molecule has 2 aromatic heterocycles. The predicted molar refractivity (Wildman–Crippen MR) is 217 cm³/mol. The molecule has 0 aliphatic heterocycles. The average Bonchev–Trinajstić information content (AvgIpc) is 3.23. The molecule has 242 valence electrons. The summed E-state index contributed by atoms with van der Waals surface area (Å²) in [6.07, 6.45) is 3.65. The number of benzene rings is 8. The molecule has 8 aromatic carbocycles. The van der Waals surface area contributed by atoms with Crippen LogP contribution in [0.3, 0.4) is 0 Å². The number of pyridine rings is 1. The van der Waals surface area contributed by atoms with Crippen molar-refractivity contribution in [2.75, 3.05) is 0 Å². The first-order valence-corrected chi connectivity index (χ1v) is 17.6. The summed E-state index contributed by atoms with van der Waals surface area (Å²) < 4.78 is 0. The fourth-order valence-electron chi connectivity index (χ4n) is 7.59. The second-order valence-electron chi connectivity index (χ2n) is 13.2. The van der Waals surface area contributed by atoms with Crippen LogP contribution in [0, 0.1) is 0 Å². The number of fused-ring (bicyclic) bond motifs is 7. The molecule has 10 rings (SSSR count). The molecule has 52 heavy (non-hydrogen) atoms. The van der Waals surface area contributed by atoms with Gasteiger partial charge in [-0.2, -0.15) is 0 Å². The van der Waals surface area contributed by atoms with Crippen LogP contribution >= 0.6 is 0 Å². The zero-order valence-electron chi connectivity index (χ0n) is 28.2. The van der Waals surface area contributed by atoms with Gasteiger partial charge in [0.25, 0.3) is 0 Å². The zero-order valence-corrected chi connectivity index (χ0v) is 28.2. The van der Waals surface area contributed by atoms with Crippen molar-refractivity contribution in [1.82, 2.24) is 15.0 Å². The van der Waals surface area contributed by atoms with Crippen LogP contribution in [0.25, 0.3) is 99.2 Å². The highest BCUT2D eigenvalue weighted by molar-refractivity contribution is 6.25. The molecule has 0 atom stereocenters. The summed E-state index contributed by atoms with van der Waals surface area (Å²) in [4.78, 5) is 14.4. The molecule has 0 aliphatic carbocycles. The minimum Gasteiger partial charge on any atom is -0.265 e. The molecular formula is C49H31N3. The highest BCUT2D eigenvalue weighted by Gasteiger charge is 2.14. The Morgan fingerprint density at radius 2 is 0.731 bits per heavy atom. The van der Waals surface area contributed by atoms with Crippen LogP contribution in [-0.2, 0) is 0 Å². The average molecular weight is 662 g/mol. The third-order valence-electron chi connectivity index (χ3n) is 10.2. The Hall–Kier alpha value is -6.97. The first-order valence-electron chi connectivity index (χ1n) is 17.6. The van der Waals surface area contributed by atoms with Crippen molar-refractivity contribution in [2.45, 2.75) is 0 Å². The first-order chi connectivity index (χ1) is 25.8. The van der Waals surface area contributed by atoms with E-state index in [1.165, 1.54) is 43.4 Å². The van der Waals surface area contributed by atoms with Gasteiger partial charge in [0.15, 0.2) is 5.82 Å². The van der Waals surface area contributed by atoms with Gasteiger partial charge in [0.1, 0.15) is 0 Å². The molecule has 0 amide bonds. The standard InChI is InChI=1S/C49H31N3/c1-2-15-42-40(13-1)41-14-3-4-16-43(41)46-31-38(23-24-44(42)46)36-10-7-9-35(29-36)37-11-8-12-39(30-37)49-51-47-18-6-5-17-45(47)48(52-49)34-21-19-32(20-22-34)33-25-27-50-28-26-33/h1-31H. The van der Waals surface area contributed by atoms with Gasteiger partial charge >= 0.3 is 0 Å². The Bertz CT molecular complexity index is 2910. The molecule has 0 aliphatic rings. The van der Waals surface area contributed by atoms with E-state index in [1.54, 1.807) is 0 Å². The third-order valence-corrected chi connectivity index (χ3v) is 10.2. The van der Waals surface area contributed by atoms with Crippen molar-refractivity contribution in [3.63, 3.8) is 0 Å². The molecule has 0 fully saturated rings. The van der Waals surface area contributed by atoms with E-state index < -0.39 is 0 Å². The second kappa shape index (κ2) is 12.4. The maximum absolute atomic E-state index is 5.20. The first kappa shape index (κ1) is 29.9. The van der Waals surface area contributed by atoms with E-state index in [9.17, 15) is 0 Å². The van der Waals surface area contributed by atoms with E-state index >= 15 is 0 Å². The molecule has 0 N–H and O–H groups in total. The quantitative estimate of drug-likeness (QED) is 0.172. The second-order valence-corrected chi connectivity index (χ2v) is 13.2. The topological polar surface area (TPSA) is 38.7 Å². The van der Waals surface area contributed by atoms with Gasteiger partial charge in [0.2, 0.25) is 0 Å². The molecule has 3 nitrogen and oxygen atoms in total. The van der Waals surface area contributed by atoms with E-state index in [-0.39, 0.29) is 0 Å². The van der Waals surface area contributed by atoms with Crippen LogP contribution in [0.4, 0.5) is 0 Å². The number of nitrogens with zero attached hydrogens (tertiary/aromatic N) is 3. The van der Waals surface area contributed by atoms with Crippen LogP contribution in [0.15, 0.2) is 188 Å². The number of hydrogen-bond donors (Lipinski definition) is 0. The van der Waals surface area contributed by atoms with E-state index in [0.717, 1.165) is 50.0 Å². The van der Waals surface area contributed by atoms with Gasteiger partial charge in [-0.25, -0.2) is 9.97 Å². The molecule has 0 unspecified atom stereocenters. The predicted octanol–water partition coefficient (Wildman–Crippen LogP) is 12.8. The van der Waals surface area contributed by atoms with Crippen molar-refractivity contribution in [3.05, 3.63) is 188 Å². The fourth-order valence-corrected chi connectivity index (χ4v) is 7.59. The molecule has 0 radical (unpaired) electrons. The third kappa shape index (κ3) is 5.19. The van der Waals surface area contributed by atoms with E-state index in [1.807, 2.05) is 36.7 Å². The Morgan fingerprint density at radius 3 is 1.38 bits per heavy atom. The summed E-state index contributed by atoms with van der Waals surface area (Å²) in [6.45, 7) is 0. The van der Waals surface area contributed by atoms with E-state index in [4.69, 9.17) is 9.97 Å². The van der Waals surface area contributed by atoms with Gasteiger partial charge < -0.3 is 0 Å². The summed E-state index contributed by atoms with van der Waals surface area (Å²) in [7, 11) is 0. The lowest BCUT2D eigenvalue weighted by molar-refractivity contribution is 1.23. The van der Waals surface area contributed by atoms with Gasteiger partial charge in [-0.1, -0.05) is 140 Å². The Kier molecular flexibility index (Phi) is 7.14. The Balaban J connectivity index is 1.04. The maximum Gasteiger partial charge on any atom is 0.160 e. The summed E-state index contributed by atoms with van der Waals surface area (Å²) in [6, 6.07) is 62.7. The monoisotopic (exact) mass is 661 g/mol. The van der Waals surface area contributed by atoms with Crippen LogP contribution in [0.1, 0.15) is 0 Å². The molecule has 0 saturated carbocycles. The van der Waals surface area contributed by atoms with Crippen molar-refractivity contribution < 1.29 is 0 Å². The van der Waals surface area contributed by atoms with Crippen molar-refractivity contribution in [2.24, 2.45) is 0 Å². The highest BCUT2D eigenvalue weighted by Crippen LogP contribution is 2.38. The van der Waals surface area contributed by atoms with Crippen LogP contribution in [-0.4, -0.2) is 15.0 Å². The molecule has 3 heteroatoms. The summed E-state index contributed by atoms with van der Waals surface area (Å²) in [5, 5.41) is 8.73. The zero-order chi connectivity index (χ0) is 34.4. The van der Waals surface area contributed by atoms with E-state index in [0.29, 0.717) is 5.82 Å². The van der Waals surface area contributed by atoms with Crippen molar-refractivity contribution in [3.8, 4) is 56.0 Å². The van der Waals surface area contributed by atoms with Crippen LogP contribution < -0.4 is 0 Å². The number of para-hydroxylation sites is 1.